The molecule has 1 aromatic rings. The maximum Gasteiger partial charge on any atom is 0.138 e. The van der Waals surface area contributed by atoms with Crippen molar-refractivity contribution < 1.29 is 4.21 Å². The first-order chi connectivity index (χ1) is 5.77. The van der Waals surface area contributed by atoms with Crippen molar-refractivity contribution in [2.75, 3.05) is 11.5 Å². The summed E-state index contributed by atoms with van der Waals surface area (Å²) < 4.78 is 13.0. The second-order valence-electron chi connectivity index (χ2n) is 3.00. The van der Waals surface area contributed by atoms with Crippen molar-refractivity contribution in [1.82, 2.24) is 14.8 Å². The first-order valence-corrected chi connectivity index (χ1v) is 5.47. The summed E-state index contributed by atoms with van der Waals surface area (Å²) in [7, 11) is -0.634. The predicted molar refractivity (Wildman–Crippen MR) is 46.3 cm³/mol. The fourth-order valence-corrected chi connectivity index (χ4v) is 2.95. The minimum atomic E-state index is -0.634. The molecule has 0 bridgehead atoms. The quantitative estimate of drug-likeness (QED) is 0.631. The van der Waals surface area contributed by atoms with E-state index in [1.807, 2.05) is 11.6 Å². The zero-order valence-corrected chi connectivity index (χ0v) is 7.75. The van der Waals surface area contributed by atoms with Crippen LogP contribution in [0.25, 0.3) is 0 Å². The van der Waals surface area contributed by atoms with E-state index in [9.17, 15) is 4.21 Å². The second-order valence-corrected chi connectivity index (χ2v) is 4.63. The van der Waals surface area contributed by atoms with Gasteiger partial charge in [0.2, 0.25) is 0 Å². The summed E-state index contributed by atoms with van der Waals surface area (Å²) in [5.74, 6) is 2.47. The minimum absolute atomic E-state index is 0.313. The highest BCUT2D eigenvalue weighted by Gasteiger charge is 2.24. The van der Waals surface area contributed by atoms with E-state index in [0.717, 1.165) is 23.8 Å². The molecule has 5 heteroatoms. The summed E-state index contributed by atoms with van der Waals surface area (Å²) in [6.45, 7) is 1.92. The number of nitrogens with zero attached hydrogens (tertiary/aromatic N) is 3. The molecule has 0 amide bonds. The van der Waals surface area contributed by atoms with Gasteiger partial charge in [0.15, 0.2) is 0 Å². The normalized spacial score (nSPS) is 29.4. The number of aryl methyl sites for hydroxylation is 1. The molecule has 2 heterocycles. The van der Waals surface area contributed by atoms with Gasteiger partial charge in [-0.25, -0.2) is 9.67 Å². The van der Waals surface area contributed by atoms with Crippen molar-refractivity contribution in [3.8, 4) is 0 Å². The zero-order valence-electron chi connectivity index (χ0n) is 6.93. The van der Waals surface area contributed by atoms with Crippen LogP contribution in [0.2, 0.25) is 0 Å². The Bertz CT molecular complexity index is 309. The third-order valence-electron chi connectivity index (χ3n) is 2.16. The van der Waals surface area contributed by atoms with Gasteiger partial charge >= 0.3 is 0 Å². The van der Waals surface area contributed by atoms with Gasteiger partial charge in [0.1, 0.15) is 12.2 Å². The summed E-state index contributed by atoms with van der Waals surface area (Å²) in [6, 6.07) is 0.313. The van der Waals surface area contributed by atoms with Gasteiger partial charge in [0.25, 0.3) is 0 Å². The van der Waals surface area contributed by atoms with Crippen LogP contribution in [0.4, 0.5) is 0 Å². The highest BCUT2D eigenvalue weighted by Crippen LogP contribution is 2.20. The number of rotatable bonds is 1. The van der Waals surface area contributed by atoms with Crippen molar-refractivity contribution in [1.29, 1.82) is 0 Å². The lowest BCUT2D eigenvalue weighted by atomic mass is 10.3. The summed E-state index contributed by atoms with van der Waals surface area (Å²) in [5.41, 5.74) is 0. The van der Waals surface area contributed by atoms with Gasteiger partial charge in [0, 0.05) is 22.3 Å². The van der Waals surface area contributed by atoms with E-state index in [0.29, 0.717) is 6.04 Å². The maximum atomic E-state index is 11.1. The van der Waals surface area contributed by atoms with Crippen molar-refractivity contribution >= 4 is 10.8 Å². The number of hydrogen-bond acceptors (Lipinski definition) is 3. The molecule has 1 saturated heterocycles. The number of hydrogen-bond donors (Lipinski definition) is 0. The average molecular weight is 185 g/mol. The standard InChI is InChI=1S/C7H11N3OS/c1-6-8-5-9-10(6)7-2-3-12(11)4-7/h5,7H,2-4H2,1H3. The van der Waals surface area contributed by atoms with E-state index >= 15 is 0 Å². The largest absolute Gasteiger partial charge is 0.260 e. The third kappa shape index (κ3) is 1.29. The Labute approximate surface area is 73.5 Å². The molecule has 0 aliphatic carbocycles. The highest BCUT2D eigenvalue weighted by molar-refractivity contribution is 7.85. The fourth-order valence-electron chi connectivity index (χ4n) is 1.51. The van der Waals surface area contributed by atoms with Gasteiger partial charge in [-0.1, -0.05) is 0 Å². The van der Waals surface area contributed by atoms with E-state index in [4.69, 9.17) is 0 Å². The molecule has 4 nitrogen and oxygen atoms in total. The molecule has 0 saturated carbocycles. The lowest BCUT2D eigenvalue weighted by Gasteiger charge is -2.08. The van der Waals surface area contributed by atoms with Crippen LogP contribution in [-0.2, 0) is 10.8 Å². The van der Waals surface area contributed by atoms with Gasteiger partial charge in [-0.2, -0.15) is 5.10 Å². The Morgan fingerprint density at radius 2 is 2.58 bits per heavy atom. The van der Waals surface area contributed by atoms with E-state index in [2.05, 4.69) is 10.1 Å². The molecule has 2 unspecified atom stereocenters. The molecule has 0 radical (unpaired) electrons. The minimum Gasteiger partial charge on any atom is -0.260 e. The Morgan fingerprint density at radius 3 is 3.08 bits per heavy atom. The van der Waals surface area contributed by atoms with E-state index < -0.39 is 10.8 Å². The van der Waals surface area contributed by atoms with Gasteiger partial charge in [-0.05, 0) is 13.3 Å². The van der Waals surface area contributed by atoms with Gasteiger partial charge in [-0.3, -0.25) is 4.21 Å². The van der Waals surface area contributed by atoms with Crippen LogP contribution in [-0.4, -0.2) is 30.5 Å². The van der Waals surface area contributed by atoms with E-state index in [-0.39, 0.29) is 0 Å². The monoisotopic (exact) mass is 185 g/mol. The number of aromatic nitrogens is 3. The first-order valence-electron chi connectivity index (χ1n) is 3.98. The molecule has 0 spiro atoms. The molecule has 1 aromatic heterocycles. The fraction of sp³-hybridized carbons (Fsp3) is 0.714. The molecule has 1 aliphatic rings. The molecule has 12 heavy (non-hydrogen) atoms. The van der Waals surface area contributed by atoms with Crippen LogP contribution in [0.1, 0.15) is 18.3 Å². The first kappa shape index (κ1) is 7.91. The van der Waals surface area contributed by atoms with Crippen molar-refractivity contribution in [2.45, 2.75) is 19.4 Å². The molecule has 0 aromatic carbocycles. The Morgan fingerprint density at radius 1 is 1.75 bits per heavy atom. The lowest BCUT2D eigenvalue weighted by Crippen LogP contribution is -2.12. The van der Waals surface area contributed by atoms with E-state index in [1.165, 1.54) is 0 Å². The average Bonchev–Trinajstić information content (AvgIpc) is 2.58. The summed E-state index contributed by atoms with van der Waals surface area (Å²) in [5, 5.41) is 4.10. The molecule has 0 N–H and O–H groups in total. The SMILES string of the molecule is Cc1ncnn1C1CCS(=O)C1. The van der Waals surface area contributed by atoms with Gasteiger partial charge in [0.05, 0.1) is 6.04 Å². The van der Waals surface area contributed by atoms with Gasteiger partial charge in [-0.15, -0.1) is 0 Å². The van der Waals surface area contributed by atoms with Crippen LogP contribution < -0.4 is 0 Å². The Balaban J connectivity index is 2.21. The molecule has 1 aliphatic heterocycles. The molecule has 66 valence electrons. The molecular formula is C7H11N3OS. The summed E-state index contributed by atoms with van der Waals surface area (Å²) in [6.07, 6.45) is 2.52. The molecular weight excluding hydrogens is 174 g/mol. The van der Waals surface area contributed by atoms with E-state index in [1.54, 1.807) is 6.33 Å². The van der Waals surface area contributed by atoms with Crippen molar-refractivity contribution in [2.24, 2.45) is 0 Å². The maximum absolute atomic E-state index is 11.1. The van der Waals surface area contributed by atoms with Crippen LogP contribution in [0, 0.1) is 6.92 Å². The second kappa shape index (κ2) is 2.97. The van der Waals surface area contributed by atoms with Crippen LogP contribution in [0.3, 0.4) is 0 Å². The smallest absolute Gasteiger partial charge is 0.138 e. The lowest BCUT2D eigenvalue weighted by molar-refractivity contribution is 0.487. The molecule has 1 fully saturated rings. The van der Waals surface area contributed by atoms with Crippen LogP contribution in [0.5, 0.6) is 0 Å². The van der Waals surface area contributed by atoms with Crippen molar-refractivity contribution in [3.05, 3.63) is 12.2 Å². The third-order valence-corrected chi connectivity index (χ3v) is 3.60. The Kier molecular flexibility index (Phi) is 1.96. The van der Waals surface area contributed by atoms with Crippen LogP contribution in [0.15, 0.2) is 6.33 Å². The van der Waals surface area contributed by atoms with Crippen molar-refractivity contribution in [3.63, 3.8) is 0 Å². The highest BCUT2D eigenvalue weighted by atomic mass is 32.2. The predicted octanol–water partition coefficient (Wildman–Crippen LogP) is 0.280. The van der Waals surface area contributed by atoms with Gasteiger partial charge < -0.3 is 0 Å². The topological polar surface area (TPSA) is 47.8 Å². The van der Waals surface area contributed by atoms with Crippen LogP contribution >= 0.6 is 0 Å². The zero-order chi connectivity index (χ0) is 8.55. The molecule has 2 rings (SSSR count). The molecule has 2 atom stereocenters. The summed E-state index contributed by atoms with van der Waals surface area (Å²) in [4.78, 5) is 4.04. The Hall–Kier alpha value is -0.710. The summed E-state index contributed by atoms with van der Waals surface area (Å²) >= 11 is 0.